The van der Waals surface area contributed by atoms with Crippen LogP contribution in [-0.4, -0.2) is 172 Å². The Morgan fingerprint density at radius 3 is 2.29 bits per heavy atom. The largest absolute Gasteiger partial charge is 0.459 e. The lowest BCUT2D eigenvalue weighted by molar-refractivity contribution is -0.297. The second-order valence-corrected chi connectivity index (χ2v) is 18.3. The van der Waals surface area contributed by atoms with Crippen molar-refractivity contribution >= 4 is 5.97 Å². The normalized spacial score (nSPS) is 43.5. The van der Waals surface area contributed by atoms with E-state index in [0.717, 1.165) is 6.42 Å². The fourth-order valence-electron chi connectivity index (χ4n) is 9.43. The predicted molar refractivity (Wildman–Crippen MR) is 212 cm³/mol. The van der Waals surface area contributed by atoms with Gasteiger partial charge in [0.2, 0.25) is 0 Å². The molecule has 3 aliphatic rings. The third kappa shape index (κ3) is 11.0. The van der Waals surface area contributed by atoms with E-state index in [0.29, 0.717) is 19.5 Å². The number of carbonyl (C=O) groups is 1. The van der Waals surface area contributed by atoms with Crippen LogP contribution in [0.15, 0.2) is 0 Å². The van der Waals surface area contributed by atoms with Gasteiger partial charge in [0.05, 0.1) is 47.6 Å². The topological polar surface area (TPSA) is 212 Å². The lowest BCUT2D eigenvalue weighted by Crippen LogP contribution is -2.65. The van der Waals surface area contributed by atoms with Crippen LogP contribution < -0.4 is 10.6 Å². The van der Waals surface area contributed by atoms with Crippen LogP contribution in [0.2, 0.25) is 0 Å². The van der Waals surface area contributed by atoms with Crippen LogP contribution in [0.5, 0.6) is 0 Å². The van der Waals surface area contributed by atoms with Crippen LogP contribution in [-0.2, 0) is 28.5 Å². The highest BCUT2D eigenvalue weighted by Crippen LogP contribution is 2.46. The molecule has 15 heteroatoms. The zero-order valence-corrected chi connectivity index (χ0v) is 36.5. The molecule has 3 rings (SSSR count). The number of methoxy groups -OCH3 is 1. The van der Waals surface area contributed by atoms with Crippen molar-refractivity contribution in [3.8, 4) is 0 Å². The first kappa shape index (κ1) is 49.3. The monoisotopic (exact) mass is 806 g/mol. The fourth-order valence-corrected chi connectivity index (χ4v) is 9.43. The minimum absolute atomic E-state index is 0.0441. The minimum Gasteiger partial charge on any atom is -0.459 e. The van der Waals surface area contributed by atoms with Crippen molar-refractivity contribution < 1.29 is 59.1 Å². The molecule has 3 saturated heterocycles. The van der Waals surface area contributed by atoms with Gasteiger partial charge < -0.3 is 69.9 Å². The lowest BCUT2D eigenvalue weighted by atomic mass is 9.73. The fraction of sp³-hybridized carbons (Fsp3) is 0.976. The number of esters is 1. The maximum absolute atomic E-state index is 14.2. The highest BCUT2D eigenvalue weighted by Gasteiger charge is 2.57. The Bertz CT molecular complexity index is 1230. The molecule has 56 heavy (non-hydrogen) atoms. The Balaban J connectivity index is 2.18. The number of carbonyl (C=O) groups excluding carboxylic acids is 1. The van der Waals surface area contributed by atoms with Crippen molar-refractivity contribution in [2.45, 2.75) is 197 Å². The highest BCUT2D eigenvalue weighted by molar-refractivity contribution is 5.73. The first-order valence-corrected chi connectivity index (χ1v) is 20.9. The molecule has 3 heterocycles. The zero-order valence-electron chi connectivity index (χ0n) is 36.5. The summed E-state index contributed by atoms with van der Waals surface area (Å²) in [5.74, 6) is -2.49. The van der Waals surface area contributed by atoms with E-state index in [1.807, 2.05) is 39.8 Å². The van der Waals surface area contributed by atoms with Crippen molar-refractivity contribution in [3.63, 3.8) is 0 Å². The van der Waals surface area contributed by atoms with Crippen molar-refractivity contribution in [2.24, 2.45) is 17.8 Å². The Kier molecular flexibility index (Phi) is 17.6. The van der Waals surface area contributed by atoms with E-state index in [4.69, 9.17) is 23.7 Å². The van der Waals surface area contributed by atoms with Gasteiger partial charge in [-0.1, -0.05) is 20.8 Å². The molecular weight excluding hydrogens is 726 g/mol. The number of aliphatic hydroxyl groups excluding tert-OH is 3. The quantitative estimate of drug-likeness (QED) is 0.0975. The molecule has 0 unspecified atom stereocenters. The van der Waals surface area contributed by atoms with Gasteiger partial charge in [-0.2, -0.15) is 0 Å². The number of rotatable bonds is 13. The van der Waals surface area contributed by atoms with Gasteiger partial charge in [0.25, 0.3) is 0 Å². The van der Waals surface area contributed by atoms with Crippen LogP contribution in [0.25, 0.3) is 0 Å². The summed E-state index contributed by atoms with van der Waals surface area (Å²) in [7, 11) is 5.24. The maximum Gasteiger partial charge on any atom is 0.311 e. The summed E-state index contributed by atoms with van der Waals surface area (Å²) < 4.78 is 31.9. The number of hydrogen-bond donors (Lipinski definition) is 8. The predicted octanol–water partition coefficient (Wildman–Crippen LogP) is 1.32. The summed E-state index contributed by atoms with van der Waals surface area (Å²) in [6.45, 7) is 18.5. The number of nitrogens with one attached hydrogen (secondary N) is 2. The van der Waals surface area contributed by atoms with E-state index in [1.165, 1.54) is 21.0 Å². The van der Waals surface area contributed by atoms with Crippen LogP contribution in [0, 0.1) is 17.8 Å². The third-order valence-corrected chi connectivity index (χ3v) is 13.1. The molecule has 18 atom stereocenters. The number of likely N-dealkylation sites (N-methyl/N-ethyl adjacent to an activating group) is 1. The number of nitrogens with zero attached hydrogens (tertiary/aromatic N) is 1. The molecular formula is C41H79N3O12. The van der Waals surface area contributed by atoms with Gasteiger partial charge in [-0.3, -0.25) is 4.79 Å². The van der Waals surface area contributed by atoms with E-state index in [-0.39, 0.29) is 50.3 Å². The van der Waals surface area contributed by atoms with Gasteiger partial charge >= 0.3 is 5.97 Å². The Labute approximate surface area is 336 Å². The average molecular weight is 806 g/mol. The summed E-state index contributed by atoms with van der Waals surface area (Å²) in [5.41, 5.74) is -6.47. The summed E-state index contributed by atoms with van der Waals surface area (Å²) in [5, 5.41) is 76.8. The van der Waals surface area contributed by atoms with Gasteiger partial charge in [-0.25, -0.2) is 0 Å². The number of hydrogen-bond acceptors (Lipinski definition) is 15. The Hall–Kier alpha value is -1.05. The molecule has 0 aliphatic carbocycles. The molecule has 0 aromatic carbocycles. The molecule has 0 amide bonds. The molecule has 0 radical (unpaired) electrons. The molecule has 0 aromatic rings. The number of aliphatic hydroxyl groups is 6. The molecule has 0 spiro atoms. The molecule has 0 saturated carbocycles. The van der Waals surface area contributed by atoms with E-state index >= 15 is 0 Å². The minimum atomic E-state index is -1.80. The molecule has 0 bridgehead atoms. The second kappa shape index (κ2) is 20.0. The molecule has 3 aliphatic heterocycles. The van der Waals surface area contributed by atoms with Gasteiger partial charge in [0.15, 0.2) is 6.29 Å². The standard InChI is InChI=1S/C41H79N3O12/c1-14-16-42-22-41(51,27(7)45)39(9,52-13)20-28-18-29-33(54-28)25(5)36(48)55-31(15-2)40(10,50)34(47)26(6)43-21-23(3)19-38(8,49)35(29)56-37-32(46)30(44(11)12)17-24(4)53-37/h23-35,37,42-43,45-47,49-51H,14-22H2,1-13H3/t23-,24-,25-,26-,27+,28-,29+,30+,31-,32-,33-,34-,35-,37+,38+,39-,40-,41+/m1/s1. The van der Waals surface area contributed by atoms with Crippen molar-refractivity contribution in [3.05, 3.63) is 0 Å². The Morgan fingerprint density at radius 2 is 1.73 bits per heavy atom. The number of fused-ring (bicyclic) bond motifs is 1. The highest BCUT2D eigenvalue weighted by atomic mass is 16.7. The summed E-state index contributed by atoms with van der Waals surface area (Å²) in [6.07, 6.45) is -6.47. The SMILES string of the molecule is CCCNC[C@](O)([C@H](C)O)[C@@](C)(C[C@H]1C[C@H]2[C@H](O1)[C@@H](C)C(=O)O[C@H](CC)[C@@](C)(O)[C@H](O)[C@@H](C)NC[C@H](C)C[C@](C)(O)[C@@H]2O[C@@H]1O[C@H](C)C[C@H](N(C)C)[C@H]1O)OC. The van der Waals surface area contributed by atoms with Gasteiger partial charge in [0, 0.05) is 38.1 Å². The van der Waals surface area contributed by atoms with E-state index in [9.17, 15) is 35.4 Å². The van der Waals surface area contributed by atoms with E-state index in [1.54, 1.807) is 34.6 Å². The first-order valence-electron chi connectivity index (χ1n) is 20.9. The van der Waals surface area contributed by atoms with Crippen LogP contribution >= 0.6 is 0 Å². The van der Waals surface area contributed by atoms with E-state index in [2.05, 4.69) is 10.6 Å². The van der Waals surface area contributed by atoms with Gasteiger partial charge in [-0.05, 0) is 114 Å². The smallest absolute Gasteiger partial charge is 0.311 e. The molecule has 15 nitrogen and oxygen atoms in total. The summed E-state index contributed by atoms with van der Waals surface area (Å²) >= 11 is 0. The molecule has 330 valence electrons. The lowest BCUT2D eigenvalue weighted by Gasteiger charge is -2.47. The van der Waals surface area contributed by atoms with Crippen LogP contribution in [0.4, 0.5) is 0 Å². The third-order valence-electron chi connectivity index (χ3n) is 13.1. The number of ether oxygens (including phenoxy) is 5. The van der Waals surface area contributed by atoms with Crippen LogP contribution in [0.1, 0.15) is 108 Å². The van der Waals surface area contributed by atoms with Gasteiger partial charge in [0.1, 0.15) is 29.5 Å². The van der Waals surface area contributed by atoms with Crippen molar-refractivity contribution in [1.29, 1.82) is 0 Å². The molecule has 0 aromatic heterocycles. The van der Waals surface area contributed by atoms with Crippen molar-refractivity contribution in [2.75, 3.05) is 40.8 Å². The second-order valence-electron chi connectivity index (χ2n) is 18.3. The van der Waals surface area contributed by atoms with Crippen LogP contribution in [0.3, 0.4) is 0 Å². The zero-order chi connectivity index (χ0) is 42.6. The number of cyclic esters (lactones) is 1. The molecule has 8 N–H and O–H groups in total. The van der Waals surface area contributed by atoms with Crippen molar-refractivity contribution in [1.82, 2.24) is 15.5 Å². The maximum atomic E-state index is 14.2. The summed E-state index contributed by atoms with van der Waals surface area (Å²) in [6, 6.07) is -0.879. The average Bonchev–Trinajstić information content (AvgIpc) is 3.53. The van der Waals surface area contributed by atoms with Gasteiger partial charge in [-0.15, -0.1) is 0 Å². The summed E-state index contributed by atoms with van der Waals surface area (Å²) in [4.78, 5) is 16.1. The molecule has 3 fully saturated rings. The first-order chi connectivity index (χ1) is 25.9. The Morgan fingerprint density at radius 1 is 1.09 bits per heavy atom. The van der Waals surface area contributed by atoms with E-state index < -0.39 is 95.3 Å².